The normalized spacial score (nSPS) is 25.8. The molecule has 2 amide bonds. The molecule has 5 nitrogen and oxygen atoms in total. The molecule has 2 fully saturated rings. The highest BCUT2D eigenvalue weighted by Crippen LogP contribution is 2.42. The summed E-state index contributed by atoms with van der Waals surface area (Å²) in [5, 5.41) is 3.56. The Morgan fingerprint density at radius 1 is 1.19 bits per heavy atom. The topological polar surface area (TPSA) is 52.7 Å². The van der Waals surface area contributed by atoms with E-state index < -0.39 is 0 Å². The number of amides is 2. The van der Waals surface area contributed by atoms with Crippen LogP contribution in [-0.4, -0.2) is 40.3 Å². The zero-order valence-electron chi connectivity index (χ0n) is 17.8. The maximum atomic E-state index is 13.4. The number of piperidine rings is 2. The van der Waals surface area contributed by atoms with E-state index in [2.05, 4.69) is 16.3 Å². The number of halogens is 1. The Morgan fingerprint density at radius 3 is 2.81 bits per heavy atom. The van der Waals surface area contributed by atoms with Crippen molar-refractivity contribution in [2.45, 2.75) is 50.7 Å². The average molecular weight is 438 g/mol. The molecule has 2 aromatic rings. The van der Waals surface area contributed by atoms with E-state index in [-0.39, 0.29) is 35.9 Å². The second kappa shape index (κ2) is 8.29. The van der Waals surface area contributed by atoms with Crippen LogP contribution in [-0.2, 0) is 11.2 Å². The molecule has 31 heavy (non-hydrogen) atoms. The third-order valence-electron chi connectivity index (χ3n) is 7.26. The summed E-state index contributed by atoms with van der Waals surface area (Å²) in [6, 6.07) is 15.7. The van der Waals surface area contributed by atoms with E-state index in [1.165, 1.54) is 4.42 Å². The van der Waals surface area contributed by atoms with E-state index in [4.69, 9.17) is 11.8 Å². The molecule has 0 saturated carbocycles. The average Bonchev–Trinajstić information content (AvgIpc) is 2.83. The van der Waals surface area contributed by atoms with E-state index in [9.17, 15) is 9.59 Å². The summed E-state index contributed by atoms with van der Waals surface area (Å²) in [6.07, 6.45) is 3.64. The molecule has 6 heteroatoms. The van der Waals surface area contributed by atoms with Crippen molar-refractivity contribution in [3.63, 3.8) is 0 Å². The van der Waals surface area contributed by atoms with Crippen LogP contribution < -0.4 is 5.32 Å². The van der Waals surface area contributed by atoms with Crippen LogP contribution >= 0.6 is 11.8 Å². The second-order valence-electron chi connectivity index (χ2n) is 8.92. The van der Waals surface area contributed by atoms with Crippen LogP contribution in [0.3, 0.4) is 0 Å². The summed E-state index contributed by atoms with van der Waals surface area (Å²) in [5.41, 5.74) is 3.80. The molecule has 1 N–H and O–H groups in total. The number of hydrogen-bond donors (Lipinski definition) is 1. The van der Waals surface area contributed by atoms with Gasteiger partial charge in [0.05, 0.1) is 18.0 Å². The van der Waals surface area contributed by atoms with Crippen LogP contribution in [0, 0.1) is 5.92 Å². The Balaban J connectivity index is 1.44. The van der Waals surface area contributed by atoms with Crippen molar-refractivity contribution in [2.75, 3.05) is 13.1 Å². The highest BCUT2D eigenvalue weighted by Gasteiger charge is 2.45. The standard InChI is InChI=1S/C25H28ClN3O2/c1-16(17-7-3-2-4-8-17)29(26)25(31)20-10-5-9-19-18(20)12-14-28-23(19)15-22-21(24(28)30)11-6-13-27-22/h2-5,7-10,16,21-23,27H,6,11-15H2,1H3/t16-,21+,22+,23-/m1/s1. The minimum atomic E-state index is -0.241. The molecule has 2 saturated heterocycles. The molecule has 0 aliphatic carbocycles. The molecular weight excluding hydrogens is 410 g/mol. The summed E-state index contributed by atoms with van der Waals surface area (Å²) in [7, 11) is 0. The lowest BCUT2D eigenvalue weighted by atomic mass is 9.76. The van der Waals surface area contributed by atoms with Crippen molar-refractivity contribution in [2.24, 2.45) is 5.92 Å². The molecule has 162 valence electrons. The summed E-state index contributed by atoms with van der Waals surface area (Å²) in [5.74, 6) is 0.188. The quantitative estimate of drug-likeness (QED) is 0.730. The van der Waals surface area contributed by atoms with Gasteiger partial charge in [-0.15, -0.1) is 0 Å². The van der Waals surface area contributed by atoms with Crippen LogP contribution in [0.4, 0.5) is 0 Å². The van der Waals surface area contributed by atoms with E-state index in [0.29, 0.717) is 18.5 Å². The van der Waals surface area contributed by atoms with E-state index in [0.717, 1.165) is 42.5 Å². The van der Waals surface area contributed by atoms with Crippen LogP contribution in [0.15, 0.2) is 48.5 Å². The van der Waals surface area contributed by atoms with Gasteiger partial charge in [0.15, 0.2) is 0 Å². The van der Waals surface area contributed by atoms with Crippen molar-refractivity contribution in [1.82, 2.24) is 14.6 Å². The first kappa shape index (κ1) is 20.5. The van der Waals surface area contributed by atoms with Gasteiger partial charge < -0.3 is 10.2 Å². The fourth-order valence-electron chi connectivity index (χ4n) is 5.57. The summed E-state index contributed by atoms with van der Waals surface area (Å²) >= 11 is 6.55. The lowest BCUT2D eigenvalue weighted by Crippen LogP contribution is -2.57. The number of carbonyl (C=O) groups excluding carboxylic acids is 2. The number of fused-ring (bicyclic) bond motifs is 4. The molecule has 5 rings (SSSR count). The molecule has 2 aromatic carbocycles. The van der Waals surface area contributed by atoms with Gasteiger partial charge in [-0.25, -0.2) is 4.42 Å². The van der Waals surface area contributed by atoms with Crippen molar-refractivity contribution in [3.8, 4) is 0 Å². The van der Waals surface area contributed by atoms with Gasteiger partial charge in [-0.05, 0) is 61.9 Å². The van der Waals surface area contributed by atoms with Gasteiger partial charge in [0, 0.05) is 29.9 Å². The molecular formula is C25H28ClN3O2. The first-order valence-electron chi connectivity index (χ1n) is 11.3. The molecule has 0 unspecified atom stereocenters. The predicted octanol–water partition coefficient (Wildman–Crippen LogP) is 4.24. The van der Waals surface area contributed by atoms with E-state index >= 15 is 0 Å². The van der Waals surface area contributed by atoms with Crippen molar-refractivity contribution in [3.05, 3.63) is 70.8 Å². The van der Waals surface area contributed by atoms with Gasteiger partial charge in [0.2, 0.25) is 5.91 Å². The van der Waals surface area contributed by atoms with Crippen molar-refractivity contribution in [1.29, 1.82) is 0 Å². The predicted molar refractivity (Wildman–Crippen MR) is 121 cm³/mol. The van der Waals surface area contributed by atoms with Gasteiger partial charge in [0.1, 0.15) is 0 Å². The number of hydrogen-bond acceptors (Lipinski definition) is 3. The second-order valence-corrected chi connectivity index (χ2v) is 9.28. The summed E-state index contributed by atoms with van der Waals surface area (Å²) in [4.78, 5) is 28.6. The van der Waals surface area contributed by atoms with Crippen LogP contribution in [0.25, 0.3) is 0 Å². The fourth-order valence-corrected chi connectivity index (χ4v) is 5.78. The van der Waals surface area contributed by atoms with Gasteiger partial charge in [-0.2, -0.15) is 0 Å². The Bertz CT molecular complexity index is 996. The van der Waals surface area contributed by atoms with Gasteiger partial charge in [0.25, 0.3) is 5.91 Å². The maximum absolute atomic E-state index is 13.4. The largest absolute Gasteiger partial charge is 0.335 e. The number of benzene rings is 2. The fraction of sp³-hybridized carbons (Fsp3) is 0.440. The maximum Gasteiger partial charge on any atom is 0.269 e. The molecule has 3 aliphatic heterocycles. The van der Waals surface area contributed by atoms with Crippen LogP contribution in [0.1, 0.15) is 65.3 Å². The highest BCUT2D eigenvalue weighted by molar-refractivity contribution is 6.24. The lowest BCUT2D eigenvalue weighted by Gasteiger charge is -2.48. The molecule has 0 spiro atoms. The minimum Gasteiger partial charge on any atom is -0.335 e. The number of nitrogens with zero attached hydrogens (tertiary/aromatic N) is 2. The molecule has 4 atom stereocenters. The van der Waals surface area contributed by atoms with Gasteiger partial charge >= 0.3 is 0 Å². The zero-order chi connectivity index (χ0) is 21.5. The first-order chi connectivity index (χ1) is 15.1. The van der Waals surface area contributed by atoms with Crippen LogP contribution in [0.2, 0.25) is 0 Å². The Morgan fingerprint density at radius 2 is 2.00 bits per heavy atom. The SMILES string of the molecule is C[C@H](c1ccccc1)N(Cl)C(=O)c1cccc2c1CCN1C(=O)[C@H]3CCCN[C@H]3C[C@H]21. The van der Waals surface area contributed by atoms with E-state index in [1.54, 1.807) is 0 Å². The van der Waals surface area contributed by atoms with Gasteiger partial charge in [-0.3, -0.25) is 9.59 Å². The van der Waals surface area contributed by atoms with Crippen molar-refractivity contribution >= 4 is 23.6 Å². The molecule has 0 radical (unpaired) electrons. The first-order valence-corrected chi connectivity index (χ1v) is 11.6. The monoisotopic (exact) mass is 437 g/mol. The van der Waals surface area contributed by atoms with E-state index in [1.807, 2.05) is 49.4 Å². The summed E-state index contributed by atoms with van der Waals surface area (Å²) < 4.78 is 1.31. The Kier molecular flexibility index (Phi) is 5.49. The van der Waals surface area contributed by atoms with Gasteiger partial charge in [-0.1, -0.05) is 42.5 Å². The molecule has 3 heterocycles. The molecule has 0 bridgehead atoms. The third kappa shape index (κ3) is 3.54. The molecule has 0 aromatic heterocycles. The van der Waals surface area contributed by atoms with Crippen molar-refractivity contribution < 1.29 is 9.59 Å². The smallest absolute Gasteiger partial charge is 0.269 e. The summed E-state index contributed by atoms with van der Waals surface area (Å²) in [6.45, 7) is 3.58. The third-order valence-corrected chi connectivity index (χ3v) is 7.70. The number of nitrogens with one attached hydrogen (secondary N) is 1. The zero-order valence-corrected chi connectivity index (χ0v) is 18.5. The number of carbonyl (C=O) groups is 2. The minimum absolute atomic E-state index is 0.0335. The Labute approximate surface area is 188 Å². The lowest BCUT2D eigenvalue weighted by molar-refractivity contribution is -0.145. The number of rotatable bonds is 3. The van der Waals surface area contributed by atoms with Crippen LogP contribution in [0.5, 0.6) is 0 Å². The molecule has 3 aliphatic rings. The Hall–Kier alpha value is -2.37. The highest BCUT2D eigenvalue weighted by atomic mass is 35.5.